The zero-order chi connectivity index (χ0) is 17.2. The molecule has 0 spiro atoms. The molecule has 0 aliphatic rings. The van der Waals surface area contributed by atoms with Crippen molar-refractivity contribution in [2.24, 2.45) is 4.99 Å². The van der Waals surface area contributed by atoms with Gasteiger partial charge in [-0.2, -0.15) is 0 Å². The number of hydrogen-bond donors (Lipinski definition) is 2. The fourth-order valence-electron chi connectivity index (χ4n) is 2.02. The molecule has 138 valence electrons. The predicted octanol–water partition coefficient (Wildman–Crippen LogP) is 4.01. The van der Waals surface area contributed by atoms with E-state index in [1.807, 2.05) is 31.2 Å². The maximum atomic E-state index is 5.69. The minimum absolute atomic E-state index is 0. The maximum Gasteiger partial charge on any atom is 0.191 e. The molecule has 0 bridgehead atoms. The number of rotatable bonds is 8. The van der Waals surface area contributed by atoms with Crippen molar-refractivity contribution in [2.75, 3.05) is 26.2 Å². The molecule has 2 N–H and O–H groups in total. The Balaban J connectivity index is 0.00000312. The first-order chi connectivity index (χ1) is 11.7. The molecule has 0 fully saturated rings. The fourth-order valence-corrected chi connectivity index (χ4v) is 2.93. The number of hydrogen-bond acceptors (Lipinski definition) is 4. The van der Waals surface area contributed by atoms with Crippen LogP contribution in [0.5, 0.6) is 5.75 Å². The zero-order valence-corrected chi connectivity index (χ0v) is 19.2. The van der Waals surface area contributed by atoms with E-state index in [1.165, 1.54) is 0 Å². The maximum absolute atomic E-state index is 5.69. The first-order valence-electron chi connectivity index (χ1n) is 7.99. The van der Waals surface area contributed by atoms with E-state index >= 15 is 0 Å². The SMILES string of the molecule is CCNC(=NCCc1csc(C)n1)NCCOc1ccc(Br)cc1.I. The summed E-state index contributed by atoms with van der Waals surface area (Å²) < 4.78 is 6.74. The van der Waals surface area contributed by atoms with Gasteiger partial charge < -0.3 is 15.4 Å². The van der Waals surface area contributed by atoms with Gasteiger partial charge in [-0.1, -0.05) is 15.9 Å². The van der Waals surface area contributed by atoms with Crippen LogP contribution in [-0.2, 0) is 6.42 Å². The number of thiazole rings is 1. The second-order valence-corrected chi connectivity index (χ2v) is 7.08. The average molecular weight is 539 g/mol. The Hall–Kier alpha value is -0.870. The summed E-state index contributed by atoms with van der Waals surface area (Å²) in [6, 6.07) is 7.82. The molecule has 0 saturated carbocycles. The summed E-state index contributed by atoms with van der Waals surface area (Å²) in [6.07, 6.45) is 0.857. The van der Waals surface area contributed by atoms with Crippen LogP contribution in [0, 0.1) is 6.92 Å². The molecule has 0 unspecified atom stereocenters. The third-order valence-electron chi connectivity index (χ3n) is 3.13. The summed E-state index contributed by atoms with van der Waals surface area (Å²) in [4.78, 5) is 9.03. The van der Waals surface area contributed by atoms with Crippen molar-refractivity contribution >= 4 is 57.2 Å². The standard InChI is InChI=1S/C17H23BrN4OS.HI/c1-3-19-17(20-9-8-15-12-24-13(2)22-15)21-10-11-23-16-6-4-14(18)5-7-16;/h4-7,12H,3,8-11H2,1-2H3,(H2,19,20,21);1H. The number of halogens is 2. The van der Waals surface area contributed by atoms with Crippen molar-refractivity contribution in [2.45, 2.75) is 20.3 Å². The van der Waals surface area contributed by atoms with Crippen molar-refractivity contribution in [3.63, 3.8) is 0 Å². The smallest absolute Gasteiger partial charge is 0.191 e. The van der Waals surface area contributed by atoms with Crippen molar-refractivity contribution in [1.82, 2.24) is 15.6 Å². The number of aromatic nitrogens is 1. The lowest BCUT2D eigenvalue weighted by Crippen LogP contribution is -2.39. The Bertz CT molecular complexity index is 648. The Morgan fingerprint density at radius 2 is 2.04 bits per heavy atom. The topological polar surface area (TPSA) is 58.5 Å². The van der Waals surface area contributed by atoms with Crippen LogP contribution in [0.2, 0.25) is 0 Å². The highest BCUT2D eigenvalue weighted by atomic mass is 127. The van der Waals surface area contributed by atoms with Crippen LogP contribution in [0.1, 0.15) is 17.6 Å². The van der Waals surface area contributed by atoms with Gasteiger partial charge in [-0.25, -0.2) is 4.98 Å². The highest BCUT2D eigenvalue weighted by molar-refractivity contribution is 14.0. The molecule has 1 heterocycles. The van der Waals surface area contributed by atoms with Gasteiger partial charge in [0.2, 0.25) is 0 Å². The number of nitrogens with one attached hydrogen (secondary N) is 2. The monoisotopic (exact) mass is 538 g/mol. The van der Waals surface area contributed by atoms with E-state index in [0.717, 1.165) is 39.8 Å². The summed E-state index contributed by atoms with van der Waals surface area (Å²) in [5, 5.41) is 9.72. The molecule has 8 heteroatoms. The van der Waals surface area contributed by atoms with E-state index in [0.29, 0.717) is 19.7 Å². The molecule has 0 amide bonds. The van der Waals surface area contributed by atoms with E-state index in [2.05, 4.69) is 48.8 Å². The van der Waals surface area contributed by atoms with Crippen LogP contribution >= 0.6 is 51.2 Å². The van der Waals surface area contributed by atoms with E-state index in [-0.39, 0.29) is 24.0 Å². The Labute approximate surface area is 178 Å². The molecular formula is C17H24BrIN4OS. The third-order valence-corrected chi connectivity index (χ3v) is 4.48. The Morgan fingerprint density at radius 3 is 2.68 bits per heavy atom. The van der Waals surface area contributed by atoms with Crippen molar-refractivity contribution in [1.29, 1.82) is 0 Å². The quantitative estimate of drug-likeness (QED) is 0.231. The second kappa shape index (κ2) is 12.5. The number of ether oxygens (including phenoxy) is 1. The molecule has 2 rings (SSSR count). The summed E-state index contributed by atoms with van der Waals surface area (Å²) in [6.45, 7) is 6.89. The Morgan fingerprint density at radius 1 is 1.28 bits per heavy atom. The summed E-state index contributed by atoms with van der Waals surface area (Å²) in [5.41, 5.74) is 1.11. The fraction of sp³-hybridized carbons (Fsp3) is 0.412. The van der Waals surface area contributed by atoms with E-state index in [1.54, 1.807) is 11.3 Å². The van der Waals surface area contributed by atoms with Gasteiger partial charge in [0, 0.05) is 29.4 Å². The lowest BCUT2D eigenvalue weighted by Gasteiger charge is -2.12. The van der Waals surface area contributed by atoms with Crippen LogP contribution in [-0.4, -0.2) is 37.2 Å². The van der Waals surface area contributed by atoms with Gasteiger partial charge >= 0.3 is 0 Å². The third kappa shape index (κ3) is 8.87. The number of aliphatic imine (C=N–C) groups is 1. The van der Waals surface area contributed by atoms with Gasteiger partial charge in [0.1, 0.15) is 12.4 Å². The van der Waals surface area contributed by atoms with Crippen molar-refractivity contribution in [3.05, 3.63) is 44.8 Å². The van der Waals surface area contributed by atoms with E-state index < -0.39 is 0 Å². The predicted molar refractivity (Wildman–Crippen MR) is 120 cm³/mol. The number of aryl methyl sites for hydroxylation is 1. The van der Waals surface area contributed by atoms with Crippen molar-refractivity contribution < 1.29 is 4.74 Å². The molecule has 5 nitrogen and oxygen atoms in total. The first-order valence-corrected chi connectivity index (χ1v) is 9.66. The molecular weight excluding hydrogens is 515 g/mol. The van der Waals surface area contributed by atoms with E-state index in [9.17, 15) is 0 Å². The summed E-state index contributed by atoms with van der Waals surface area (Å²) in [5.74, 6) is 1.67. The van der Waals surface area contributed by atoms with Crippen molar-refractivity contribution in [3.8, 4) is 5.75 Å². The van der Waals surface area contributed by atoms with E-state index in [4.69, 9.17) is 4.74 Å². The average Bonchev–Trinajstić information content (AvgIpc) is 2.98. The lowest BCUT2D eigenvalue weighted by molar-refractivity contribution is 0.322. The molecule has 0 aliphatic carbocycles. The molecule has 1 aromatic heterocycles. The van der Waals surface area contributed by atoms with Gasteiger partial charge in [0.05, 0.1) is 17.2 Å². The molecule has 25 heavy (non-hydrogen) atoms. The molecule has 0 atom stereocenters. The van der Waals surface area contributed by atoms with Crippen LogP contribution in [0.25, 0.3) is 0 Å². The molecule has 1 aromatic carbocycles. The molecule has 2 aromatic rings. The summed E-state index contributed by atoms with van der Waals surface area (Å²) >= 11 is 5.09. The normalized spacial score (nSPS) is 10.9. The zero-order valence-electron chi connectivity index (χ0n) is 14.4. The van der Waals surface area contributed by atoms with Gasteiger partial charge in [-0.3, -0.25) is 4.99 Å². The van der Waals surface area contributed by atoms with Gasteiger partial charge in [0.15, 0.2) is 5.96 Å². The molecule has 0 saturated heterocycles. The largest absolute Gasteiger partial charge is 0.492 e. The van der Waals surface area contributed by atoms with Crippen LogP contribution in [0.15, 0.2) is 39.1 Å². The number of nitrogens with zero attached hydrogens (tertiary/aromatic N) is 2. The van der Waals surface area contributed by atoms with Gasteiger partial charge in [-0.15, -0.1) is 35.3 Å². The van der Waals surface area contributed by atoms with Crippen LogP contribution in [0.3, 0.4) is 0 Å². The first kappa shape index (κ1) is 22.2. The van der Waals surface area contributed by atoms with Crippen LogP contribution < -0.4 is 15.4 Å². The Kier molecular flexibility index (Phi) is 11.1. The number of benzene rings is 1. The molecule has 0 aliphatic heterocycles. The van der Waals surface area contributed by atoms with Gasteiger partial charge in [-0.05, 0) is 38.1 Å². The summed E-state index contributed by atoms with van der Waals surface area (Å²) in [7, 11) is 0. The van der Waals surface area contributed by atoms with Crippen LogP contribution in [0.4, 0.5) is 0 Å². The highest BCUT2D eigenvalue weighted by Crippen LogP contribution is 2.15. The minimum atomic E-state index is 0. The van der Waals surface area contributed by atoms with Gasteiger partial charge in [0.25, 0.3) is 0 Å². The second-order valence-electron chi connectivity index (χ2n) is 5.10. The lowest BCUT2D eigenvalue weighted by atomic mass is 10.3. The number of guanidine groups is 1. The molecule has 0 radical (unpaired) electrons. The highest BCUT2D eigenvalue weighted by Gasteiger charge is 2.00. The minimum Gasteiger partial charge on any atom is -0.492 e.